The lowest BCUT2D eigenvalue weighted by atomic mass is 10.1. The van der Waals surface area contributed by atoms with Crippen molar-refractivity contribution in [3.8, 4) is 0 Å². The molecule has 2 unspecified atom stereocenters. The van der Waals surface area contributed by atoms with Crippen LogP contribution in [0, 0.1) is 5.92 Å². The van der Waals surface area contributed by atoms with Crippen LogP contribution in [0.15, 0.2) is 12.3 Å². The molecular weight excluding hydrogens is 188 g/mol. The van der Waals surface area contributed by atoms with E-state index >= 15 is 0 Å². The predicted molar refractivity (Wildman–Crippen MR) is 60.3 cm³/mol. The standard InChI is InChI=1S/C11H20N4/c1-3-15-10(4-5-13-15)7-14-6-9(2)11(12)8-14/h4-5,9,11H,3,6-8,12H2,1-2H3. The molecule has 0 amide bonds. The largest absolute Gasteiger partial charge is 0.326 e. The van der Waals surface area contributed by atoms with Crippen molar-refractivity contribution in [3.63, 3.8) is 0 Å². The normalized spacial score (nSPS) is 27.4. The molecule has 15 heavy (non-hydrogen) atoms. The highest BCUT2D eigenvalue weighted by molar-refractivity contribution is 5.01. The van der Waals surface area contributed by atoms with Crippen molar-refractivity contribution in [1.29, 1.82) is 0 Å². The van der Waals surface area contributed by atoms with Crippen molar-refractivity contribution < 1.29 is 0 Å². The molecule has 4 heteroatoms. The molecule has 1 saturated heterocycles. The second-order valence-electron chi connectivity index (χ2n) is 4.47. The SMILES string of the molecule is CCn1nccc1CN1CC(C)C(N)C1. The molecule has 1 fully saturated rings. The summed E-state index contributed by atoms with van der Waals surface area (Å²) in [6.07, 6.45) is 1.87. The number of nitrogens with zero attached hydrogens (tertiary/aromatic N) is 3. The Labute approximate surface area is 91.1 Å². The van der Waals surface area contributed by atoms with Crippen LogP contribution in [-0.2, 0) is 13.1 Å². The maximum atomic E-state index is 6.00. The van der Waals surface area contributed by atoms with Crippen LogP contribution in [0.3, 0.4) is 0 Å². The molecule has 1 aliphatic rings. The van der Waals surface area contributed by atoms with Gasteiger partial charge in [-0.2, -0.15) is 5.10 Å². The fourth-order valence-electron chi connectivity index (χ4n) is 2.23. The molecule has 1 aliphatic heterocycles. The lowest BCUT2D eigenvalue weighted by Gasteiger charge is -2.15. The highest BCUT2D eigenvalue weighted by atomic mass is 15.3. The molecule has 0 spiro atoms. The topological polar surface area (TPSA) is 47.1 Å². The van der Waals surface area contributed by atoms with Gasteiger partial charge < -0.3 is 5.73 Å². The number of rotatable bonds is 3. The molecular formula is C11H20N4. The van der Waals surface area contributed by atoms with Crippen LogP contribution in [0.1, 0.15) is 19.5 Å². The van der Waals surface area contributed by atoms with E-state index in [9.17, 15) is 0 Å². The van der Waals surface area contributed by atoms with Gasteiger partial charge in [-0.25, -0.2) is 0 Å². The molecule has 2 rings (SSSR count). The minimum Gasteiger partial charge on any atom is -0.326 e. The zero-order valence-corrected chi connectivity index (χ0v) is 9.56. The number of aryl methyl sites for hydroxylation is 1. The summed E-state index contributed by atoms with van der Waals surface area (Å²) in [6.45, 7) is 8.38. The Hall–Kier alpha value is -0.870. The molecule has 0 aromatic carbocycles. The number of likely N-dealkylation sites (tertiary alicyclic amines) is 1. The first-order chi connectivity index (χ1) is 7.20. The quantitative estimate of drug-likeness (QED) is 0.794. The third-order valence-corrected chi connectivity index (χ3v) is 3.24. The minimum atomic E-state index is 0.336. The number of nitrogens with two attached hydrogens (primary N) is 1. The summed E-state index contributed by atoms with van der Waals surface area (Å²) < 4.78 is 2.05. The van der Waals surface area contributed by atoms with E-state index in [0.717, 1.165) is 26.2 Å². The second-order valence-corrected chi connectivity index (χ2v) is 4.47. The number of hydrogen-bond donors (Lipinski definition) is 1. The van der Waals surface area contributed by atoms with Gasteiger partial charge in [0.25, 0.3) is 0 Å². The van der Waals surface area contributed by atoms with E-state index < -0.39 is 0 Å². The molecule has 0 radical (unpaired) electrons. The fourth-order valence-corrected chi connectivity index (χ4v) is 2.23. The van der Waals surface area contributed by atoms with Crippen LogP contribution in [0.5, 0.6) is 0 Å². The average Bonchev–Trinajstić information content (AvgIpc) is 2.75. The third-order valence-electron chi connectivity index (χ3n) is 3.24. The predicted octanol–water partition coefficient (Wildman–Crippen LogP) is 0.682. The molecule has 0 saturated carbocycles. The van der Waals surface area contributed by atoms with Gasteiger partial charge in [-0.1, -0.05) is 6.92 Å². The molecule has 0 aliphatic carbocycles. The van der Waals surface area contributed by atoms with Crippen LogP contribution in [0.4, 0.5) is 0 Å². The summed E-state index contributed by atoms with van der Waals surface area (Å²) >= 11 is 0. The van der Waals surface area contributed by atoms with E-state index in [1.807, 2.05) is 6.20 Å². The van der Waals surface area contributed by atoms with Crippen molar-refractivity contribution in [2.24, 2.45) is 11.7 Å². The Kier molecular flexibility index (Phi) is 3.07. The highest BCUT2D eigenvalue weighted by Gasteiger charge is 2.26. The van der Waals surface area contributed by atoms with Crippen LogP contribution in [0.2, 0.25) is 0 Å². The van der Waals surface area contributed by atoms with Crippen molar-refractivity contribution in [2.75, 3.05) is 13.1 Å². The van der Waals surface area contributed by atoms with Crippen LogP contribution in [0.25, 0.3) is 0 Å². The van der Waals surface area contributed by atoms with Crippen molar-refractivity contribution >= 4 is 0 Å². The van der Waals surface area contributed by atoms with Gasteiger partial charge in [0.15, 0.2) is 0 Å². The van der Waals surface area contributed by atoms with Gasteiger partial charge in [-0.3, -0.25) is 9.58 Å². The summed E-state index contributed by atoms with van der Waals surface area (Å²) in [5.41, 5.74) is 7.29. The monoisotopic (exact) mass is 208 g/mol. The first kappa shape index (κ1) is 10.6. The lowest BCUT2D eigenvalue weighted by Crippen LogP contribution is -2.28. The van der Waals surface area contributed by atoms with Gasteiger partial charge >= 0.3 is 0 Å². The molecule has 1 aromatic rings. The summed E-state index contributed by atoms with van der Waals surface area (Å²) in [4.78, 5) is 2.42. The molecule has 1 aromatic heterocycles. The second kappa shape index (κ2) is 4.33. The van der Waals surface area contributed by atoms with Crippen LogP contribution >= 0.6 is 0 Å². The van der Waals surface area contributed by atoms with E-state index in [1.54, 1.807) is 0 Å². The van der Waals surface area contributed by atoms with Crippen molar-refractivity contribution in [3.05, 3.63) is 18.0 Å². The molecule has 4 nitrogen and oxygen atoms in total. The van der Waals surface area contributed by atoms with Gasteiger partial charge in [0, 0.05) is 38.4 Å². The summed E-state index contributed by atoms with van der Waals surface area (Å²) in [7, 11) is 0. The number of hydrogen-bond acceptors (Lipinski definition) is 3. The van der Waals surface area contributed by atoms with Crippen LogP contribution < -0.4 is 5.73 Å². The smallest absolute Gasteiger partial charge is 0.0524 e. The number of aromatic nitrogens is 2. The van der Waals surface area contributed by atoms with E-state index in [4.69, 9.17) is 5.73 Å². The van der Waals surface area contributed by atoms with Crippen molar-refractivity contribution in [1.82, 2.24) is 14.7 Å². The summed E-state index contributed by atoms with van der Waals surface area (Å²) in [5, 5.41) is 4.27. The Morgan fingerprint density at radius 3 is 2.93 bits per heavy atom. The molecule has 84 valence electrons. The summed E-state index contributed by atoms with van der Waals surface area (Å²) in [6, 6.07) is 2.43. The lowest BCUT2D eigenvalue weighted by molar-refractivity contribution is 0.307. The molecule has 2 atom stereocenters. The van der Waals surface area contributed by atoms with Gasteiger partial charge in [0.1, 0.15) is 0 Å². The molecule has 2 heterocycles. The van der Waals surface area contributed by atoms with Crippen molar-refractivity contribution in [2.45, 2.75) is 33.0 Å². The van der Waals surface area contributed by atoms with Gasteiger partial charge in [0.2, 0.25) is 0 Å². The molecule has 2 N–H and O–H groups in total. The third kappa shape index (κ3) is 2.21. The fraction of sp³-hybridized carbons (Fsp3) is 0.727. The zero-order chi connectivity index (χ0) is 10.8. The Balaban J connectivity index is 1.98. The average molecular weight is 208 g/mol. The first-order valence-electron chi connectivity index (χ1n) is 5.69. The van der Waals surface area contributed by atoms with Gasteiger partial charge in [0.05, 0.1) is 5.69 Å². The van der Waals surface area contributed by atoms with E-state index in [2.05, 4.69) is 34.6 Å². The van der Waals surface area contributed by atoms with Gasteiger partial charge in [-0.15, -0.1) is 0 Å². The van der Waals surface area contributed by atoms with E-state index in [1.165, 1.54) is 5.69 Å². The van der Waals surface area contributed by atoms with E-state index in [-0.39, 0.29) is 0 Å². The molecule has 0 bridgehead atoms. The maximum absolute atomic E-state index is 6.00. The Bertz CT molecular complexity index is 310. The Morgan fingerprint density at radius 2 is 2.33 bits per heavy atom. The first-order valence-corrected chi connectivity index (χ1v) is 5.69. The van der Waals surface area contributed by atoms with E-state index in [0.29, 0.717) is 12.0 Å². The Morgan fingerprint density at radius 1 is 1.53 bits per heavy atom. The highest BCUT2D eigenvalue weighted by Crippen LogP contribution is 2.17. The van der Waals surface area contributed by atoms with Crippen LogP contribution in [-0.4, -0.2) is 33.8 Å². The van der Waals surface area contributed by atoms with Gasteiger partial charge in [-0.05, 0) is 18.9 Å². The zero-order valence-electron chi connectivity index (χ0n) is 9.56. The maximum Gasteiger partial charge on any atom is 0.0524 e. The summed E-state index contributed by atoms with van der Waals surface area (Å²) in [5.74, 6) is 0.614. The minimum absolute atomic E-state index is 0.336.